The Morgan fingerprint density at radius 1 is 1.16 bits per heavy atom. The summed E-state index contributed by atoms with van der Waals surface area (Å²) in [5.74, 6) is -0.309. The first-order valence-electron chi connectivity index (χ1n) is 9.76. The van der Waals surface area contributed by atoms with Crippen LogP contribution in [-0.2, 0) is 6.42 Å². The van der Waals surface area contributed by atoms with Crippen LogP contribution in [0.15, 0.2) is 54.7 Å². The van der Waals surface area contributed by atoms with Gasteiger partial charge >= 0.3 is 6.03 Å². The van der Waals surface area contributed by atoms with Crippen LogP contribution in [0.4, 0.5) is 21.9 Å². The van der Waals surface area contributed by atoms with Gasteiger partial charge in [0.2, 0.25) is 0 Å². The lowest BCUT2D eigenvalue weighted by molar-refractivity contribution is -0.384. The number of aromatic nitrogens is 2. The molecule has 1 saturated heterocycles. The number of hydrogen-bond donors (Lipinski definition) is 2. The Balaban J connectivity index is 1.52. The molecule has 0 aliphatic carbocycles. The van der Waals surface area contributed by atoms with E-state index >= 15 is 0 Å². The Bertz CT molecular complexity index is 1140. The van der Waals surface area contributed by atoms with Gasteiger partial charge in [-0.15, -0.1) is 0 Å². The molecule has 1 aliphatic rings. The summed E-state index contributed by atoms with van der Waals surface area (Å²) in [6.07, 6.45) is 2.03. The number of urea groups is 1. The van der Waals surface area contributed by atoms with Crippen LogP contribution in [0, 0.1) is 10.1 Å². The topological polar surface area (TPSA) is 122 Å². The predicted octanol–water partition coefficient (Wildman–Crippen LogP) is 3.12. The molecule has 0 atom stereocenters. The molecule has 0 spiro atoms. The van der Waals surface area contributed by atoms with Gasteiger partial charge in [-0.05, 0) is 42.8 Å². The molecule has 1 aliphatic heterocycles. The number of carbonyl (C=O) groups excluding carboxylic acids is 2. The number of amides is 3. The molecule has 2 aromatic carbocycles. The predicted molar refractivity (Wildman–Crippen MR) is 115 cm³/mol. The van der Waals surface area contributed by atoms with Crippen LogP contribution < -0.4 is 15.5 Å². The first kappa shape index (κ1) is 20.1. The zero-order valence-corrected chi connectivity index (χ0v) is 16.7. The fourth-order valence-electron chi connectivity index (χ4n) is 3.48. The summed E-state index contributed by atoms with van der Waals surface area (Å²) in [6, 6.07) is 12.9. The van der Waals surface area contributed by atoms with Crippen molar-refractivity contribution in [3.8, 4) is 5.69 Å². The number of non-ortho nitro benzene ring substituents is 1. The zero-order chi connectivity index (χ0) is 22.0. The van der Waals surface area contributed by atoms with Gasteiger partial charge in [-0.1, -0.05) is 6.92 Å². The van der Waals surface area contributed by atoms with Gasteiger partial charge in [0.25, 0.3) is 11.6 Å². The minimum absolute atomic E-state index is 0.0122. The minimum atomic E-state index is -0.464. The van der Waals surface area contributed by atoms with Crippen LogP contribution >= 0.6 is 0 Å². The Hall–Kier alpha value is -4.21. The van der Waals surface area contributed by atoms with E-state index in [0.717, 1.165) is 5.69 Å². The van der Waals surface area contributed by atoms with Gasteiger partial charge in [0.15, 0.2) is 0 Å². The van der Waals surface area contributed by atoms with Gasteiger partial charge in [0.1, 0.15) is 0 Å². The van der Waals surface area contributed by atoms with Crippen molar-refractivity contribution in [3.05, 3.63) is 76.1 Å². The van der Waals surface area contributed by atoms with Gasteiger partial charge in [0.05, 0.1) is 28.1 Å². The van der Waals surface area contributed by atoms with Crippen molar-refractivity contribution in [3.63, 3.8) is 0 Å². The van der Waals surface area contributed by atoms with E-state index in [9.17, 15) is 19.7 Å². The maximum Gasteiger partial charge on any atom is 0.321 e. The van der Waals surface area contributed by atoms with Crippen molar-refractivity contribution in [2.45, 2.75) is 13.3 Å². The van der Waals surface area contributed by atoms with Crippen molar-refractivity contribution in [2.24, 2.45) is 0 Å². The fourth-order valence-corrected chi connectivity index (χ4v) is 3.48. The molecule has 3 amide bonds. The molecule has 1 fully saturated rings. The van der Waals surface area contributed by atoms with E-state index in [1.54, 1.807) is 46.0 Å². The average molecular weight is 420 g/mol. The normalized spacial score (nSPS) is 13.2. The van der Waals surface area contributed by atoms with Crippen LogP contribution in [0.1, 0.15) is 23.0 Å². The van der Waals surface area contributed by atoms with Gasteiger partial charge in [-0.3, -0.25) is 19.8 Å². The lowest BCUT2D eigenvalue weighted by Crippen LogP contribution is -2.27. The number of nitrogens with one attached hydrogen (secondary N) is 2. The first-order valence-corrected chi connectivity index (χ1v) is 9.76. The van der Waals surface area contributed by atoms with E-state index in [0.29, 0.717) is 42.1 Å². The Morgan fingerprint density at radius 3 is 2.42 bits per heavy atom. The van der Waals surface area contributed by atoms with E-state index < -0.39 is 4.92 Å². The highest BCUT2D eigenvalue weighted by molar-refractivity contribution is 6.05. The quantitative estimate of drug-likeness (QED) is 0.469. The van der Waals surface area contributed by atoms with Gasteiger partial charge in [0, 0.05) is 36.6 Å². The molecular formula is C21H20N6O4. The molecule has 1 aromatic heterocycles. The molecule has 0 radical (unpaired) electrons. The molecule has 4 rings (SSSR count). The Morgan fingerprint density at radius 2 is 1.84 bits per heavy atom. The number of benzene rings is 2. The average Bonchev–Trinajstić information content (AvgIpc) is 3.40. The van der Waals surface area contributed by atoms with Crippen LogP contribution in [0.5, 0.6) is 0 Å². The van der Waals surface area contributed by atoms with Crippen molar-refractivity contribution in [2.75, 3.05) is 23.3 Å². The SMILES string of the molecule is CCc1c(C(=O)Nc2ccc(N3CCNC3=O)cc2)cnn1-c1ccc([N+](=O)[O-])cc1. The minimum Gasteiger partial charge on any atom is -0.336 e. The number of hydrogen-bond acceptors (Lipinski definition) is 5. The Kier molecular flexibility index (Phi) is 5.35. The van der Waals surface area contributed by atoms with E-state index in [1.807, 2.05) is 6.92 Å². The van der Waals surface area contributed by atoms with Crippen LogP contribution in [-0.4, -0.2) is 39.7 Å². The van der Waals surface area contributed by atoms with Crippen molar-refractivity contribution in [1.29, 1.82) is 0 Å². The molecule has 2 N–H and O–H groups in total. The summed E-state index contributed by atoms with van der Waals surface area (Å²) in [6.45, 7) is 3.12. The van der Waals surface area contributed by atoms with E-state index in [4.69, 9.17) is 0 Å². The second-order valence-corrected chi connectivity index (χ2v) is 6.93. The second-order valence-electron chi connectivity index (χ2n) is 6.93. The molecule has 31 heavy (non-hydrogen) atoms. The number of nitro benzene ring substituents is 1. The molecule has 0 bridgehead atoms. The number of anilines is 2. The van der Waals surface area contributed by atoms with Crippen LogP contribution in [0.2, 0.25) is 0 Å². The molecule has 3 aromatic rings. The van der Waals surface area contributed by atoms with Crippen LogP contribution in [0.25, 0.3) is 5.69 Å². The smallest absolute Gasteiger partial charge is 0.321 e. The van der Waals surface area contributed by atoms with Crippen molar-refractivity contribution < 1.29 is 14.5 Å². The maximum absolute atomic E-state index is 12.8. The molecule has 2 heterocycles. The lowest BCUT2D eigenvalue weighted by Gasteiger charge is -2.14. The highest BCUT2D eigenvalue weighted by Gasteiger charge is 2.21. The highest BCUT2D eigenvalue weighted by Crippen LogP contribution is 2.22. The second kappa shape index (κ2) is 8.27. The molecular weight excluding hydrogens is 400 g/mol. The summed E-state index contributed by atoms with van der Waals surface area (Å²) in [4.78, 5) is 36.6. The molecule has 0 unspecified atom stereocenters. The summed E-state index contributed by atoms with van der Waals surface area (Å²) in [7, 11) is 0. The molecule has 158 valence electrons. The third-order valence-electron chi connectivity index (χ3n) is 5.05. The summed E-state index contributed by atoms with van der Waals surface area (Å²) in [5.41, 5.74) is 3.09. The first-order chi connectivity index (χ1) is 15.0. The number of nitrogens with zero attached hydrogens (tertiary/aromatic N) is 4. The third-order valence-corrected chi connectivity index (χ3v) is 5.05. The van der Waals surface area contributed by atoms with Gasteiger partial charge < -0.3 is 10.6 Å². The summed E-state index contributed by atoms with van der Waals surface area (Å²) < 4.78 is 1.60. The standard InChI is InChI=1S/C21H20N6O4/c1-2-19-18(13-23-26(19)16-7-9-17(10-8-16)27(30)31)20(28)24-14-3-5-15(6-4-14)25-12-11-22-21(25)29/h3-10,13H,2,11-12H2,1H3,(H,22,29)(H,24,28). The third kappa shape index (κ3) is 3.95. The summed E-state index contributed by atoms with van der Waals surface area (Å²) >= 11 is 0. The number of nitro groups is 1. The van der Waals surface area contributed by atoms with Gasteiger partial charge in [-0.2, -0.15) is 5.10 Å². The maximum atomic E-state index is 12.8. The summed E-state index contributed by atoms with van der Waals surface area (Å²) in [5, 5.41) is 20.8. The van der Waals surface area contributed by atoms with Crippen molar-refractivity contribution >= 4 is 29.0 Å². The van der Waals surface area contributed by atoms with E-state index in [2.05, 4.69) is 15.7 Å². The van der Waals surface area contributed by atoms with Crippen LogP contribution in [0.3, 0.4) is 0 Å². The largest absolute Gasteiger partial charge is 0.336 e. The zero-order valence-electron chi connectivity index (χ0n) is 16.7. The van der Waals surface area contributed by atoms with E-state index in [1.165, 1.54) is 18.3 Å². The number of carbonyl (C=O) groups is 2. The molecule has 0 saturated carbocycles. The fraction of sp³-hybridized carbons (Fsp3) is 0.190. The highest BCUT2D eigenvalue weighted by atomic mass is 16.6. The van der Waals surface area contributed by atoms with E-state index in [-0.39, 0.29) is 17.6 Å². The molecule has 10 heteroatoms. The Labute approximate surface area is 177 Å². The molecule has 10 nitrogen and oxygen atoms in total. The monoisotopic (exact) mass is 420 g/mol. The van der Waals surface area contributed by atoms with Gasteiger partial charge in [-0.25, -0.2) is 9.48 Å². The van der Waals surface area contributed by atoms with Crippen molar-refractivity contribution in [1.82, 2.24) is 15.1 Å². The lowest BCUT2D eigenvalue weighted by atomic mass is 10.1. The number of rotatable bonds is 6.